The van der Waals surface area contributed by atoms with E-state index in [-0.39, 0.29) is 11.3 Å². The van der Waals surface area contributed by atoms with Gasteiger partial charge in [0.25, 0.3) is 5.91 Å². The highest BCUT2D eigenvalue weighted by Gasteiger charge is 2.25. The van der Waals surface area contributed by atoms with Crippen molar-refractivity contribution in [3.05, 3.63) is 69.7 Å². The topological polar surface area (TPSA) is 72.5 Å². The Labute approximate surface area is 169 Å². The van der Waals surface area contributed by atoms with Gasteiger partial charge in [0.15, 0.2) is 6.10 Å². The van der Waals surface area contributed by atoms with Crippen LogP contribution >= 0.6 is 11.6 Å². The predicted octanol–water partition coefficient (Wildman–Crippen LogP) is 3.76. The number of carbonyl (C=O) groups excluding carboxylic acids is 3. The fourth-order valence-corrected chi connectivity index (χ4v) is 3.49. The van der Waals surface area contributed by atoms with Crippen molar-refractivity contribution in [3.8, 4) is 0 Å². The van der Waals surface area contributed by atoms with Gasteiger partial charge in [0.2, 0.25) is 5.78 Å². The molecule has 0 aromatic heterocycles. The summed E-state index contributed by atoms with van der Waals surface area (Å²) in [4.78, 5) is 37.2. The number of benzene rings is 2. The van der Waals surface area contributed by atoms with Gasteiger partial charge in [0.1, 0.15) is 6.04 Å². The Balaban J connectivity index is 1.59. The van der Waals surface area contributed by atoms with E-state index in [9.17, 15) is 14.4 Å². The number of fused-ring (bicyclic) bond motifs is 1. The largest absolute Gasteiger partial charge is 0.453 e. The molecule has 28 heavy (non-hydrogen) atoms. The summed E-state index contributed by atoms with van der Waals surface area (Å²) >= 11 is 5.99. The number of hydrogen-bond acceptors (Lipinski definition) is 4. The van der Waals surface area contributed by atoms with Gasteiger partial charge in [-0.05, 0) is 62.4 Å². The summed E-state index contributed by atoms with van der Waals surface area (Å²) in [5, 5.41) is 2.84. The molecular formula is C22H22ClNO4. The van der Waals surface area contributed by atoms with Crippen molar-refractivity contribution < 1.29 is 19.1 Å². The number of ether oxygens (including phenoxy) is 1. The van der Waals surface area contributed by atoms with Crippen LogP contribution in [0, 0.1) is 0 Å². The zero-order valence-corrected chi connectivity index (χ0v) is 16.6. The van der Waals surface area contributed by atoms with Crippen molar-refractivity contribution in [3.63, 3.8) is 0 Å². The lowest BCUT2D eigenvalue weighted by Gasteiger charge is -2.17. The van der Waals surface area contributed by atoms with E-state index in [1.165, 1.54) is 25.0 Å². The minimum absolute atomic E-state index is 0.257. The number of rotatable bonds is 6. The van der Waals surface area contributed by atoms with Crippen LogP contribution in [0.3, 0.4) is 0 Å². The molecule has 0 heterocycles. The molecule has 0 unspecified atom stereocenters. The molecule has 6 heteroatoms. The first-order chi connectivity index (χ1) is 13.4. The maximum Gasteiger partial charge on any atom is 0.329 e. The number of nitrogens with one attached hydrogen (secondary N) is 1. The molecule has 0 spiro atoms. The lowest BCUT2D eigenvalue weighted by molar-refractivity contribution is -0.148. The standard InChI is InChI=1S/C22H22ClNO4/c1-13(24-21(26)18-8-3-4-9-19(18)23)22(27)28-14(2)20(25)17-11-10-15-6-5-7-16(15)12-17/h3-4,8-14H,5-7H2,1-2H3,(H,24,26)/t13-,14+/m0/s1. The Hall–Kier alpha value is -2.66. The Kier molecular flexibility index (Phi) is 6.15. The molecule has 2 aromatic rings. The molecule has 1 N–H and O–H groups in total. The maximum absolute atomic E-state index is 12.6. The monoisotopic (exact) mass is 399 g/mol. The van der Waals surface area contributed by atoms with Crippen LogP contribution in [0.1, 0.15) is 52.1 Å². The normalized spacial score (nSPS) is 14.7. The van der Waals surface area contributed by atoms with Crippen LogP contribution in [-0.4, -0.2) is 29.8 Å². The van der Waals surface area contributed by atoms with Crippen LogP contribution in [0.2, 0.25) is 5.02 Å². The molecule has 3 rings (SSSR count). The van der Waals surface area contributed by atoms with E-state index >= 15 is 0 Å². The van der Waals surface area contributed by atoms with Crippen LogP contribution in [-0.2, 0) is 22.4 Å². The smallest absolute Gasteiger partial charge is 0.329 e. The van der Waals surface area contributed by atoms with E-state index in [1.54, 1.807) is 30.3 Å². The second-order valence-corrected chi connectivity index (χ2v) is 7.36. The fourth-order valence-electron chi connectivity index (χ4n) is 3.27. The maximum atomic E-state index is 12.6. The number of ketones is 1. The molecule has 0 saturated heterocycles. The molecule has 146 valence electrons. The summed E-state index contributed by atoms with van der Waals surface area (Å²) in [5.74, 6) is -1.41. The van der Waals surface area contributed by atoms with E-state index in [0.717, 1.165) is 19.3 Å². The zero-order chi connectivity index (χ0) is 20.3. The molecular weight excluding hydrogens is 378 g/mol. The Morgan fingerprint density at radius 2 is 1.75 bits per heavy atom. The van der Waals surface area contributed by atoms with Gasteiger partial charge in [-0.1, -0.05) is 35.9 Å². The molecule has 0 bridgehead atoms. The first kappa shape index (κ1) is 20.1. The molecule has 0 aliphatic heterocycles. The second-order valence-electron chi connectivity index (χ2n) is 6.96. The van der Waals surface area contributed by atoms with Crippen molar-refractivity contribution in [2.75, 3.05) is 0 Å². The van der Waals surface area contributed by atoms with Crippen LogP contribution in [0.5, 0.6) is 0 Å². The number of halogens is 1. The summed E-state index contributed by atoms with van der Waals surface area (Å²) in [5.41, 5.74) is 3.27. The zero-order valence-electron chi connectivity index (χ0n) is 15.8. The van der Waals surface area contributed by atoms with Crippen molar-refractivity contribution in [2.45, 2.75) is 45.3 Å². The third-order valence-electron chi connectivity index (χ3n) is 4.86. The Bertz CT molecular complexity index is 925. The second kappa shape index (κ2) is 8.57. The molecule has 0 radical (unpaired) electrons. The summed E-state index contributed by atoms with van der Waals surface area (Å²) in [6.07, 6.45) is 2.17. The summed E-state index contributed by atoms with van der Waals surface area (Å²) in [6, 6.07) is 11.3. The van der Waals surface area contributed by atoms with Gasteiger partial charge in [-0.25, -0.2) is 4.79 Å². The van der Waals surface area contributed by atoms with E-state index in [2.05, 4.69) is 5.32 Å². The summed E-state index contributed by atoms with van der Waals surface area (Å²) < 4.78 is 5.28. The minimum Gasteiger partial charge on any atom is -0.453 e. The van der Waals surface area contributed by atoms with E-state index in [0.29, 0.717) is 10.6 Å². The number of esters is 1. The highest BCUT2D eigenvalue weighted by atomic mass is 35.5. The molecule has 1 amide bonds. The Morgan fingerprint density at radius 1 is 1.04 bits per heavy atom. The number of Topliss-reactive ketones (excluding diaryl/α,β-unsaturated/α-hetero) is 1. The number of hydrogen-bond donors (Lipinski definition) is 1. The first-order valence-electron chi connectivity index (χ1n) is 9.28. The van der Waals surface area contributed by atoms with Gasteiger partial charge in [0.05, 0.1) is 10.6 Å². The molecule has 5 nitrogen and oxygen atoms in total. The summed E-state index contributed by atoms with van der Waals surface area (Å²) in [6.45, 7) is 3.04. The molecule has 2 atom stereocenters. The first-order valence-corrected chi connectivity index (χ1v) is 9.66. The van der Waals surface area contributed by atoms with Crippen molar-refractivity contribution in [1.29, 1.82) is 0 Å². The van der Waals surface area contributed by atoms with Crippen LogP contribution in [0.25, 0.3) is 0 Å². The SMILES string of the molecule is C[C@H](NC(=O)c1ccccc1Cl)C(=O)O[C@H](C)C(=O)c1ccc2c(c1)CCC2. The van der Waals surface area contributed by atoms with Crippen molar-refractivity contribution in [1.82, 2.24) is 5.32 Å². The third-order valence-corrected chi connectivity index (χ3v) is 5.19. The van der Waals surface area contributed by atoms with Gasteiger partial charge in [-0.2, -0.15) is 0 Å². The number of amides is 1. The Morgan fingerprint density at radius 3 is 2.50 bits per heavy atom. The van der Waals surface area contributed by atoms with E-state index in [4.69, 9.17) is 16.3 Å². The fraction of sp³-hybridized carbons (Fsp3) is 0.318. The predicted molar refractivity (Wildman–Crippen MR) is 107 cm³/mol. The van der Waals surface area contributed by atoms with Gasteiger partial charge < -0.3 is 10.1 Å². The quantitative estimate of drug-likeness (QED) is 0.593. The molecule has 2 aromatic carbocycles. The molecule has 1 aliphatic carbocycles. The molecule has 1 aliphatic rings. The highest BCUT2D eigenvalue weighted by Crippen LogP contribution is 2.23. The minimum atomic E-state index is -0.938. The molecule has 0 fully saturated rings. The van der Waals surface area contributed by atoms with E-state index < -0.39 is 24.0 Å². The van der Waals surface area contributed by atoms with Gasteiger partial charge >= 0.3 is 5.97 Å². The molecule has 0 saturated carbocycles. The van der Waals surface area contributed by atoms with Crippen molar-refractivity contribution >= 4 is 29.3 Å². The highest BCUT2D eigenvalue weighted by molar-refractivity contribution is 6.33. The van der Waals surface area contributed by atoms with Gasteiger partial charge in [0, 0.05) is 5.56 Å². The lowest BCUT2D eigenvalue weighted by atomic mass is 10.0. The average Bonchev–Trinajstić information content (AvgIpc) is 3.15. The summed E-state index contributed by atoms with van der Waals surface area (Å²) in [7, 11) is 0. The third kappa shape index (κ3) is 4.42. The van der Waals surface area contributed by atoms with Crippen LogP contribution in [0.4, 0.5) is 0 Å². The van der Waals surface area contributed by atoms with Crippen LogP contribution < -0.4 is 5.32 Å². The average molecular weight is 400 g/mol. The number of aryl methyl sites for hydroxylation is 2. The number of carbonyl (C=O) groups is 3. The van der Waals surface area contributed by atoms with Crippen molar-refractivity contribution in [2.24, 2.45) is 0 Å². The van der Waals surface area contributed by atoms with Gasteiger partial charge in [-0.15, -0.1) is 0 Å². The van der Waals surface area contributed by atoms with Crippen LogP contribution in [0.15, 0.2) is 42.5 Å². The van der Waals surface area contributed by atoms with E-state index in [1.807, 2.05) is 12.1 Å². The van der Waals surface area contributed by atoms with Gasteiger partial charge in [-0.3, -0.25) is 9.59 Å². The lowest BCUT2D eigenvalue weighted by Crippen LogP contribution is -2.41.